The molecule has 3 heterocycles. The van der Waals surface area contributed by atoms with Gasteiger partial charge in [-0.3, -0.25) is 9.48 Å². The summed E-state index contributed by atoms with van der Waals surface area (Å²) in [6, 6.07) is 0. The van der Waals surface area contributed by atoms with Crippen molar-refractivity contribution in [2.45, 2.75) is 25.8 Å². The number of imidazole rings is 1. The predicted octanol–water partition coefficient (Wildman–Crippen LogP) is 1.74. The number of carbonyl (C=O) groups excluding carboxylic acids is 1. The first kappa shape index (κ1) is 12.7. The highest BCUT2D eigenvalue weighted by Crippen LogP contribution is 2.31. The van der Waals surface area contributed by atoms with Gasteiger partial charge in [0.05, 0.1) is 6.20 Å². The first-order valence-corrected chi connectivity index (χ1v) is 6.71. The number of aromatic nitrogens is 4. The first-order chi connectivity index (χ1) is 9.69. The van der Waals surface area contributed by atoms with Crippen molar-refractivity contribution in [1.29, 1.82) is 0 Å². The summed E-state index contributed by atoms with van der Waals surface area (Å²) in [5.74, 6) is 1.55. The van der Waals surface area contributed by atoms with E-state index in [0.717, 1.165) is 48.7 Å². The fraction of sp³-hybridized carbons (Fsp3) is 0.357. The third kappa shape index (κ3) is 2.13. The topological polar surface area (TPSA) is 64.7 Å². The van der Waals surface area contributed by atoms with Crippen LogP contribution in [0.2, 0.25) is 0 Å². The molecule has 0 spiro atoms. The minimum atomic E-state index is -0.219. The zero-order valence-corrected chi connectivity index (χ0v) is 11.5. The van der Waals surface area contributed by atoms with E-state index in [1.807, 2.05) is 13.2 Å². The second-order valence-corrected chi connectivity index (χ2v) is 4.93. The van der Waals surface area contributed by atoms with E-state index in [2.05, 4.69) is 26.5 Å². The van der Waals surface area contributed by atoms with Gasteiger partial charge in [0.25, 0.3) is 0 Å². The summed E-state index contributed by atoms with van der Waals surface area (Å²) in [6.45, 7) is 4.39. The average Bonchev–Trinajstić information content (AvgIpc) is 3.03. The second kappa shape index (κ2) is 4.96. The highest BCUT2D eigenvalue weighted by molar-refractivity contribution is 6.00. The second-order valence-electron chi connectivity index (χ2n) is 4.93. The Balaban J connectivity index is 2.10. The quantitative estimate of drug-likeness (QED) is 0.865. The Kier molecular flexibility index (Phi) is 3.14. The van der Waals surface area contributed by atoms with Gasteiger partial charge in [0.15, 0.2) is 0 Å². The summed E-state index contributed by atoms with van der Waals surface area (Å²) in [6.07, 6.45) is 8.12. The molecule has 1 aliphatic heterocycles. The molecule has 0 bridgehead atoms. The van der Waals surface area contributed by atoms with Crippen molar-refractivity contribution in [3.8, 4) is 11.3 Å². The van der Waals surface area contributed by atoms with Crippen LogP contribution in [0.15, 0.2) is 25.0 Å². The van der Waals surface area contributed by atoms with E-state index in [0.29, 0.717) is 0 Å². The molecule has 0 atom stereocenters. The molecule has 6 nitrogen and oxygen atoms in total. The van der Waals surface area contributed by atoms with E-state index in [9.17, 15) is 4.79 Å². The lowest BCUT2D eigenvalue weighted by atomic mass is 10.2. The summed E-state index contributed by atoms with van der Waals surface area (Å²) in [5, 5.41) is 7.06. The summed E-state index contributed by atoms with van der Waals surface area (Å²) < 4.78 is 3.82. The van der Waals surface area contributed by atoms with Gasteiger partial charge in [-0.1, -0.05) is 6.58 Å². The van der Waals surface area contributed by atoms with Crippen LogP contribution in [0.5, 0.6) is 0 Å². The third-order valence-corrected chi connectivity index (χ3v) is 3.48. The maximum absolute atomic E-state index is 11.7. The maximum Gasteiger partial charge on any atom is 0.248 e. The monoisotopic (exact) mass is 271 g/mol. The van der Waals surface area contributed by atoms with Crippen LogP contribution in [0.3, 0.4) is 0 Å². The molecule has 0 aromatic carbocycles. The Bertz CT molecular complexity index is 667. The van der Waals surface area contributed by atoms with E-state index in [4.69, 9.17) is 0 Å². The predicted molar refractivity (Wildman–Crippen MR) is 76.2 cm³/mol. The Morgan fingerprint density at radius 2 is 2.35 bits per heavy atom. The van der Waals surface area contributed by atoms with Crippen molar-refractivity contribution in [2.75, 3.05) is 5.32 Å². The lowest BCUT2D eigenvalue weighted by molar-refractivity contribution is -0.111. The number of hydrogen-bond acceptors (Lipinski definition) is 3. The molecule has 0 saturated carbocycles. The van der Waals surface area contributed by atoms with Gasteiger partial charge < -0.3 is 9.88 Å². The van der Waals surface area contributed by atoms with Gasteiger partial charge in [-0.15, -0.1) is 0 Å². The maximum atomic E-state index is 11.7. The molecule has 1 aliphatic rings. The van der Waals surface area contributed by atoms with E-state index < -0.39 is 0 Å². The number of carbonyl (C=O) groups is 1. The Morgan fingerprint density at radius 3 is 3.05 bits per heavy atom. The number of anilines is 1. The van der Waals surface area contributed by atoms with E-state index >= 15 is 0 Å². The molecule has 20 heavy (non-hydrogen) atoms. The van der Waals surface area contributed by atoms with Crippen molar-refractivity contribution >= 4 is 11.7 Å². The number of rotatable bonds is 3. The highest BCUT2D eigenvalue weighted by atomic mass is 16.1. The van der Waals surface area contributed by atoms with Crippen molar-refractivity contribution in [3.05, 3.63) is 30.9 Å². The molecular formula is C14H17N5O. The number of nitrogens with zero attached hydrogens (tertiary/aromatic N) is 4. The minimum absolute atomic E-state index is 0.219. The van der Waals surface area contributed by atoms with Crippen molar-refractivity contribution in [1.82, 2.24) is 19.3 Å². The fourth-order valence-electron chi connectivity index (χ4n) is 2.52. The van der Waals surface area contributed by atoms with Crippen LogP contribution in [0.4, 0.5) is 5.82 Å². The molecule has 0 saturated heterocycles. The number of hydrogen-bond donors (Lipinski definition) is 1. The van der Waals surface area contributed by atoms with Crippen LogP contribution in [0.25, 0.3) is 11.3 Å². The Labute approximate surface area is 117 Å². The van der Waals surface area contributed by atoms with E-state index in [1.165, 1.54) is 6.08 Å². The van der Waals surface area contributed by atoms with Crippen LogP contribution < -0.4 is 5.32 Å². The van der Waals surface area contributed by atoms with Gasteiger partial charge in [0, 0.05) is 31.8 Å². The normalized spacial score (nSPS) is 13.8. The molecule has 2 aromatic heterocycles. The zero-order chi connectivity index (χ0) is 14.1. The first-order valence-electron chi connectivity index (χ1n) is 6.71. The molecule has 0 radical (unpaired) electrons. The van der Waals surface area contributed by atoms with Crippen molar-refractivity contribution in [2.24, 2.45) is 7.05 Å². The largest absolute Gasteiger partial charge is 0.314 e. The molecule has 104 valence electrons. The lowest BCUT2D eigenvalue weighted by Crippen LogP contribution is -2.16. The molecule has 0 fully saturated rings. The lowest BCUT2D eigenvalue weighted by Gasteiger charge is -2.16. The van der Waals surface area contributed by atoms with Crippen LogP contribution in [0.1, 0.15) is 18.7 Å². The molecule has 2 aromatic rings. The minimum Gasteiger partial charge on any atom is -0.314 e. The van der Waals surface area contributed by atoms with Gasteiger partial charge in [-0.05, 0) is 18.9 Å². The molecular weight excluding hydrogens is 254 g/mol. The molecule has 1 amide bonds. The van der Waals surface area contributed by atoms with Crippen molar-refractivity contribution in [3.63, 3.8) is 0 Å². The molecule has 0 aliphatic carbocycles. The van der Waals surface area contributed by atoms with E-state index in [1.54, 1.807) is 10.9 Å². The van der Waals surface area contributed by atoms with Gasteiger partial charge >= 0.3 is 0 Å². The third-order valence-electron chi connectivity index (χ3n) is 3.48. The average molecular weight is 271 g/mol. The zero-order valence-electron chi connectivity index (χ0n) is 11.5. The smallest absolute Gasteiger partial charge is 0.248 e. The summed E-state index contributed by atoms with van der Waals surface area (Å²) in [7, 11) is 1.86. The molecule has 6 heteroatoms. The molecule has 0 unspecified atom stereocenters. The highest BCUT2D eigenvalue weighted by Gasteiger charge is 2.22. The number of nitrogens with one attached hydrogen (secondary N) is 1. The molecule has 3 rings (SSSR count). The van der Waals surface area contributed by atoms with Gasteiger partial charge in [-0.2, -0.15) is 5.10 Å². The summed E-state index contributed by atoms with van der Waals surface area (Å²) in [5.41, 5.74) is 1.69. The standard InChI is InChI=1S/C14H17N5O/c1-3-12(20)17-14-13(10-8-15-18(2)9-10)16-11-6-4-5-7-19(11)14/h3,8-9H,1,4-7H2,2H3,(H,17,20). The van der Waals surface area contributed by atoms with Gasteiger partial charge in [-0.25, -0.2) is 4.98 Å². The summed E-state index contributed by atoms with van der Waals surface area (Å²) >= 11 is 0. The van der Waals surface area contributed by atoms with Gasteiger partial charge in [0.2, 0.25) is 5.91 Å². The number of amides is 1. The number of aryl methyl sites for hydroxylation is 2. The van der Waals surface area contributed by atoms with Gasteiger partial charge in [0.1, 0.15) is 17.3 Å². The van der Waals surface area contributed by atoms with Crippen LogP contribution in [0, 0.1) is 0 Å². The summed E-state index contributed by atoms with van der Waals surface area (Å²) in [4.78, 5) is 16.3. The van der Waals surface area contributed by atoms with Crippen LogP contribution >= 0.6 is 0 Å². The number of fused-ring (bicyclic) bond motifs is 1. The molecule has 1 N–H and O–H groups in total. The Morgan fingerprint density at radius 1 is 1.50 bits per heavy atom. The van der Waals surface area contributed by atoms with Crippen molar-refractivity contribution < 1.29 is 4.79 Å². The fourth-order valence-corrected chi connectivity index (χ4v) is 2.52. The Hall–Kier alpha value is -2.37. The SMILES string of the molecule is C=CC(=O)Nc1c(-c2cnn(C)c2)nc2n1CCCC2. The van der Waals surface area contributed by atoms with Crippen LogP contribution in [-0.4, -0.2) is 25.2 Å². The van der Waals surface area contributed by atoms with Crippen LogP contribution in [-0.2, 0) is 24.8 Å². The van der Waals surface area contributed by atoms with E-state index in [-0.39, 0.29) is 5.91 Å².